The number of aliphatic hydroxyl groups is 6. The summed E-state index contributed by atoms with van der Waals surface area (Å²) in [5.74, 6) is 0.00458. The Morgan fingerprint density at radius 3 is 1.13 bits per heavy atom. The Kier molecular flexibility index (Phi) is 6.69. The van der Waals surface area contributed by atoms with Crippen LogP contribution in [0, 0.1) is 0 Å². The van der Waals surface area contributed by atoms with Gasteiger partial charge in [0.15, 0.2) is 0 Å². The van der Waals surface area contributed by atoms with Crippen molar-refractivity contribution in [1.82, 2.24) is 0 Å². The van der Waals surface area contributed by atoms with Crippen molar-refractivity contribution in [1.29, 1.82) is 0 Å². The molecule has 0 aliphatic heterocycles. The highest BCUT2D eigenvalue weighted by Gasteiger charge is 2.29. The Labute approximate surface area is 92.2 Å². The van der Waals surface area contributed by atoms with E-state index in [1.165, 1.54) is 0 Å². The minimum Gasteiger partial charge on any atom is -0.393 e. The van der Waals surface area contributed by atoms with Gasteiger partial charge in [0.2, 0.25) is 0 Å². The lowest BCUT2D eigenvalue weighted by atomic mass is 10.1. The highest BCUT2D eigenvalue weighted by Crippen LogP contribution is 2.18. The van der Waals surface area contributed by atoms with Gasteiger partial charge in [-0.05, 0) is 0 Å². The number of hydrogen-bond donors (Lipinski definition) is 6. The molecule has 0 bridgehead atoms. The van der Waals surface area contributed by atoms with Gasteiger partial charge in [-0.15, -0.1) is 0 Å². The lowest BCUT2D eigenvalue weighted by Gasteiger charge is -2.26. The van der Waals surface area contributed by atoms with Crippen molar-refractivity contribution >= 4 is 11.8 Å². The van der Waals surface area contributed by atoms with Crippen molar-refractivity contribution in [3.63, 3.8) is 0 Å². The maximum atomic E-state index is 9.44. The molecule has 0 aliphatic rings. The van der Waals surface area contributed by atoms with E-state index in [0.717, 1.165) is 11.8 Å². The molecule has 0 unspecified atom stereocenters. The van der Waals surface area contributed by atoms with Crippen LogP contribution in [0.15, 0.2) is 0 Å². The third-order valence-corrected chi connectivity index (χ3v) is 3.40. The predicted molar refractivity (Wildman–Crippen MR) is 55.6 cm³/mol. The molecule has 0 atom stereocenters. The van der Waals surface area contributed by atoms with Gasteiger partial charge >= 0.3 is 0 Å². The van der Waals surface area contributed by atoms with E-state index in [9.17, 15) is 10.2 Å². The number of thioether (sulfide) groups is 1. The molecule has 0 radical (unpaired) electrons. The molecular weight excluding hydrogens is 224 g/mol. The second-order valence-corrected chi connectivity index (χ2v) is 4.56. The smallest absolute Gasteiger partial charge is 0.120 e. The van der Waals surface area contributed by atoms with Gasteiger partial charge in [0.05, 0.1) is 26.4 Å². The lowest BCUT2D eigenvalue weighted by molar-refractivity contribution is -0.0404. The molecule has 0 saturated heterocycles. The molecule has 0 saturated carbocycles. The average Bonchev–Trinajstić information content (AvgIpc) is 2.28. The van der Waals surface area contributed by atoms with Gasteiger partial charge in [-0.3, -0.25) is 0 Å². The Hall–Kier alpha value is 0.110. The number of aliphatic hydroxyl groups excluding tert-OH is 4. The van der Waals surface area contributed by atoms with E-state index in [2.05, 4.69) is 0 Å². The fraction of sp³-hybridized carbons (Fsp3) is 1.00. The van der Waals surface area contributed by atoms with Crippen LogP contribution < -0.4 is 0 Å². The van der Waals surface area contributed by atoms with E-state index in [0.29, 0.717) is 0 Å². The largest absolute Gasteiger partial charge is 0.393 e. The molecule has 0 rings (SSSR count). The summed E-state index contributed by atoms with van der Waals surface area (Å²) in [6, 6.07) is 0. The van der Waals surface area contributed by atoms with Crippen molar-refractivity contribution in [2.75, 3.05) is 37.9 Å². The molecule has 6 N–H and O–H groups in total. The summed E-state index contributed by atoms with van der Waals surface area (Å²) in [7, 11) is 0. The molecule has 0 amide bonds. The van der Waals surface area contributed by atoms with E-state index in [-0.39, 0.29) is 11.5 Å². The van der Waals surface area contributed by atoms with Crippen molar-refractivity contribution in [2.24, 2.45) is 0 Å². The third-order valence-electron chi connectivity index (χ3n) is 1.92. The van der Waals surface area contributed by atoms with E-state index in [4.69, 9.17) is 20.4 Å². The molecule has 0 fully saturated rings. The fourth-order valence-corrected chi connectivity index (χ4v) is 1.94. The van der Waals surface area contributed by atoms with Gasteiger partial charge in [0.1, 0.15) is 11.2 Å². The fourth-order valence-electron chi connectivity index (χ4n) is 0.714. The first-order valence-corrected chi connectivity index (χ1v) is 5.57. The molecule has 0 aromatic heterocycles. The normalized spacial score (nSPS) is 13.2. The minimum atomic E-state index is -1.60. The zero-order chi connectivity index (χ0) is 11.9. The van der Waals surface area contributed by atoms with Crippen LogP contribution in [0.1, 0.15) is 0 Å². The maximum absolute atomic E-state index is 9.44. The van der Waals surface area contributed by atoms with Crippen LogP contribution in [0.2, 0.25) is 0 Å². The van der Waals surface area contributed by atoms with Crippen LogP contribution >= 0.6 is 11.8 Å². The van der Waals surface area contributed by atoms with E-state index < -0.39 is 37.6 Å². The first kappa shape index (κ1) is 15.1. The maximum Gasteiger partial charge on any atom is 0.120 e. The second kappa shape index (κ2) is 6.64. The Balaban J connectivity index is 3.96. The van der Waals surface area contributed by atoms with Gasteiger partial charge in [-0.1, -0.05) is 0 Å². The molecule has 0 aromatic rings. The Bertz CT molecular complexity index is 151. The summed E-state index contributed by atoms with van der Waals surface area (Å²) in [4.78, 5) is 0. The monoisotopic (exact) mass is 242 g/mol. The van der Waals surface area contributed by atoms with Gasteiger partial charge in [0, 0.05) is 11.5 Å². The van der Waals surface area contributed by atoms with Crippen molar-refractivity contribution in [3.05, 3.63) is 0 Å². The lowest BCUT2D eigenvalue weighted by Crippen LogP contribution is -2.43. The van der Waals surface area contributed by atoms with E-state index in [1.54, 1.807) is 0 Å². The molecule has 92 valence electrons. The molecule has 7 heteroatoms. The minimum absolute atomic E-state index is 0.00229. The molecular formula is C8H18O6S. The van der Waals surface area contributed by atoms with Crippen molar-refractivity contribution < 1.29 is 30.6 Å². The third kappa shape index (κ3) is 5.12. The molecule has 0 aromatic carbocycles. The topological polar surface area (TPSA) is 121 Å². The summed E-state index contributed by atoms with van der Waals surface area (Å²) in [6.45, 7) is -2.36. The van der Waals surface area contributed by atoms with Gasteiger partial charge < -0.3 is 30.6 Å². The van der Waals surface area contributed by atoms with Crippen molar-refractivity contribution in [3.8, 4) is 0 Å². The SMILES string of the molecule is OCC(O)(CO)CSCC(O)(CO)CO. The summed E-state index contributed by atoms with van der Waals surface area (Å²) in [6.07, 6.45) is 0. The van der Waals surface area contributed by atoms with Crippen LogP contribution in [-0.4, -0.2) is 79.8 Å². The number of rotatable bonds is 8. The van der Waals surface area contributed by atoms with Crippen molar-refractivity contribution in [2.45, 2.75) is 11.2 Å². The van der Waals surface area contributed by atoms with E-state index >= 15 is 0 Å². The van der Waals surface area contributed by atoms with E-state index in [1.807, 2.05) is 0 Å². The zero-order valence-corrected chi connectivity index (χ0v) is 9.15. The summed E-state index contributed by atoms with van der Waals surface area (Å²) < 4.78 is 0. The summed E-state index contributed by atoms with van der Waals surface area (Å²) >= 11 is 1.03. The van der Waals surface area contributed by atoms with Crippen LogP contribution in [0.4, 0.5) is 0 Å². The Morgan fingerprint density at radius 2 is 0.933 bits per heavy atom. The molecule has 6 nitrogen and oxygen atoms in total. The highest BCUT2D eigenvalue weighted by molar-refractivity contribution is 7.99. The second-order valence-electron chi connectivity index (χ2n) is 3.57. The van der Waals surface area contributed by atoms with Crippen LogP contribution in [0.5, 0.6) is 0 Å². The average molecular weight is 242 g/mol. The zero-order valence-electron chi connectivity index (χ0n) is 8.33. The quantitative estimate of drug-likeness (QED) is 0.271. The van der Waals surface area contributed by atoms with Crippen LogP contribution in [-0.2, 0) is 0 Å². The molecule has 0 aliphatic carbocycles. The Morgan fingerprint density at radius 1 is 0.667 bits per heavy atom. The van der Waals surface area contributed by atoms with Gasteiger partial charge in [-0.25, -0.2) is 0 Å². The van der Waals surface area contributed by atoms with Crippen LogP contribution in [0.3, 0.4) is 0 Å². The molecule has 0 spiro atoms. The predicted octanol–water partition coefficient (Wildman–Crippen LogP) is -2.85. The van der Waals surface area contributed by atoms with Crippen LogP contribution in [0.25, 0.3) is 0 Å². The highest BCUT2D eigenvalue weighted by atomic mass is 32.2. The molecule has 0 heterocycles. The van der Waals surface area contributed by atoms with Gasteiger partial charge in [-0.2, -0.15) is 11.8 Å². The number of hydrogen-bond acceptors (Lipinski definition) is 7. The first-order valence-electron chi connectivity index (χ1n) is 4.41. The summed E-state index contributed by atoms with van der Waals surface area (Å²) in [5, 5.41) is 53.9. The molecule has 15 heavy (non-hydrogen) atoms. The summed E-state index contributed by atoms with van der Waals surface area (Å²) in [5.41, 5.74) is -3.20. The van der Waals surface area contributed by atoms with Gasteiger partial charge in [0.25, 0.3) is 0 Å². The first-order chi connectivity index (χ1) is 6.95. The standard InChI is InChI=1S/C8H18O6S/c9-1-7(13,2-10)5-15-6-8(14,3-11)4-12/h9-14H,1-6H2.